The molecule has 0 bridgehead atoms. The Bertz CT molecular complexity index is 960. The van der Waals surface area contributed by atoms with Gasteiger partial charge < -0.3 is 20.1 Å². The van der Waals surface area contributed by atoms with E-state index in [9.17, 15) is 9.59 Å². The lowest BCUT2D eigenvalue weighted by molar-refractivity contribution is -0.118. The molecule has 0 fully saturated rings. The molecule has 0 aliphatic rings. The van der Waals surface area contributed by atoms with Crippen molar-refractivity contribution in [3.8, 4) is 11.5 Å². The third-order valence-corrected chi connectivity index (χ3v) is 4.70. The molecule has 0 radical (unpaired) electrons. The first-order valence-corrected chi connectivity index (χ1v) is 9.97. The quantitative estimate of drug-likeness (QED) is 0.529. The number of thiocarbonyl (C=S) groups is 1. The number of benzene rings is 2. The Labute approximate surface area is 190 Å². The average molecular weight is 470 g/mol. The third kappa shape index (κ3) is 5.98. The fourth-order valence-corrected chi connectivity index (χ4v) is 3.22. The number of amides is 2. The van der Waals surface area contributed by atoms with Gasteiger partial charge in [-0.2, -0.15) is 0 Å². The summed E-state index contributed by atoms with van der Waals surface area (Å²) in [5.74, 6) is -0.0697. The smallest absolute Gasteiger partial charge is 0.257 e. The zero-order chi connectivity index (χ0) is 22.4. The van der Waals surface area contributed by atoms with Gasteiger partial charge >= 0.3 is 0 Å². The number of carbonyl (C=O) groups is 2. The van der Waals surface area contributed by atoms with Gasteiger partial charge in [-0.1, -0.05) is 37.0 Å². The molecular weight excluding hydrogens is 449 g/mol. The van der Waals surface area contributed by atoms with Gasteiger partial charge in [0.25, 0.3) is 5.91 Å². The number of hydrogen-bond donors (Lipinski definition) is 3. The maximum Gasteiger partial charge on any atom is 0.257 e. The fraction of sp³-hybridized carbons (Fsp3) is 0.250. The lowest BCUT2D eigenvalue weighted by atomic mass is 10.2. The highest BCUT2D eigenvalue weighted by atomic mass is 35.5. The van der Waals surface area contributed by atoms with Crippen LogP contribution in [-0.4, -0.2) is 31.1 Å². The number of methoxy groups -OCH3 is 2. The molecule has 2 rings (SSSR count). The Morgan fingerprint density at radius 1 is 1.00 bits per heavy atom. The van der Waals surface area contributed by atoms with Crippen LogP contribution < -0.4 is 25.4 Å². The summed E-state index contributed by atoms with van der Waals surface area (Å²) in [6.45, 7) is 3.59. The van der Waals surface area contributed by atoms with Gasteiger partial charge in [0.1, 0.15) is 5.75 Å². The standard InChI is InChI=1S/C20H21Cl2N3O4S/c1-10(2)18(26)24-15-6-5-12(9-16(15)28-3)23-20(30)25-19(27)11-7-13(21)17(29-4)14(22)8-11/h5-10H,1-4H3,(H,24,26)(H2,23,25,27,30). The molecule has 0 aliphatic carbocycles. The second kappa shape index (κ2) is 10.5. The van der Waals surface area contributed by atoms with Crippen molar-refractivity contribution in [1.29, 1.82) is 0 Å². The van der Waals surface area contributed by atoms with Crippen LogP contribution in [0.2, 0.25) is 10.0 Å². The van der Waals surface area contributed by atoms with Crippen LogP contribution >= 0.6 is 35.4 Å². The van der Waals surface area contributed by atoms with E-state index in [0.29, 0.717) is 17.1 Å². The van der Waals surface area contributed by atoms with Crippen LogP contribution in [0.4, 0.5) is 11.4 Å². The van der Waals surface area contributed by atoms with Crippen LogP contribution in [0, 0.1) is 5.92 Å². The number of rotatable bonds is 6. The SMILES string of the molecule is COc1cc(NC(=S)NC(=O)c2cc(Cl)c(OC)c(Cl)c2)ccc1NC(=O)C(C)C. The molecule has 0 unspecified atom stereocenters. The van der Waals surface area contributed by atoms with Gasteiger partial charge in [-0.25, -0.2) is 0 Å². The number of anilines is 2. The predicted octanol–water partition coefficient (Wildman–Crippen LogP) is 4.73. The summed E-state index contributed by atoms with van der Waals surface area (Å²) >= 11 is 17.3. The number of carbonyl (C=O) groups excluding carboxylic acids is 2. The van der Waals surface area contributed by atoms with Gasteiger partial charge in [-0.05, 0) is 36.5 Å². The van der Waals surface area contributed by atoms with E-state index in [-0.39, 0.29) is 38.3 Å². The zero-order valence-corrected chi connectivity index (χ0v) is 19.1. The molecule has 30 heavy (non-hydrogen) atoms. The Kier molecular flexibility index (Phi) is 8.28. The van der Waals surface area contributed by atoms with Gasteiger partial charge in [0.2, 0.25) is 5.91 Å². The van der Waals surface area contributed by atoms with Crippen molar-refractivity contribution in [3.05, 3.63) is 45.9 Å². The van der Waals surface area contributed by atoms with E-state index in [4.69, 9.17) is 44.9 Å². The van der Waals surface area contributed by atoms with Crippen LogP contribution in [0.25, 0.3) is 0 Å². The minimum Gasteiger partial charge on any atom is -0.494 e. The summed E-state index contributed by atoms with van der Waals surface area (Å²) in [4.78, 5) is 24.4. The van der Waals surface area contributed by atoms with E-state index < -0.39 is 5.91 Å². The zero-order valence-electron chi connectivity index (χ0n) is 16.8. The topological polar surface area (TPSA) is 88.7 Å². The maximum absolute atomic E-state index is 12.4. The largest absolute Gasteiger partial charge is 0.494 e. The molecule has 2 aromatic rings. The van der Waals surface area contributed by atoms with Crippen LogP contribution in [0.1, 0.15) is 24.2 Å². The maximum atomic E-state index is 12.4. The molecule has 7 nitrogen and oxygen atoms in total. The Morgan fingerprint density at radius 2 is 1.63 bits per heavy atom. The van der Waals surface area contributed by atoms with Gasteiger partial charge in [0.15, 0.2) is 10.9 Å². The minimum atomic E-state index is -0.494. The summed E-state index contributed by atoms with van der Waals surface area (Å²) < 4.78 is 10.4. The molecule has 160 valence electrons. The molecule has 2 aromatic carbocycles. The summed E-state index contributed by atoms with van der Waals surface area (Å²) in [7, 11) is 2.92. The van der Waals surface area contributed by atoms with E-state index in [1.165, 1.54) is 26.4 Å². The summed E-state index contributed by atoms with van der Waals surface area (Å²) in [5.41, 5.74) is 1.31. The number of hydrogen-bond acceptors (Lipinski definition) is 5. The van der Waals surface area contributed by atoms with Crippen LogP contribution in [0.3, 0.4) is 0 Å². The van der Waals surface area contributed by atoms with Gasteiger partial charge in [-0.3, -0.25) is 14.9 Å². The number of halogens is 2. The Hall–Kier alpha value is -2.55. The first kappa shape index (κ1) is 23.7. The third-order valence-electron chi connectivity index (χ3n) is 3.93. The van der Waals surface area contributed by atoms with Gasteiger partial charge in [0, 0.05) is 23.2 Å². The monoisotopic (exact) mass is 469 g/mol. The number of ether oxygens (including phenoxy) is 2. The molecule has 0 aliphatic heterocycles. The molecule has 0 heterocycles. The number of nitrogens with one attached hydrogen (secondary N) is 3. The lowest BCUT2D eigenvalue weighted by Crippen LogP contribution is -2.34. The lowest BCUT2D eigenvalue weighted by Gasteiger charge is -2.15. The molecule has 0 atom stereocenters. The average Bonchev–Trinajstić information content (AvgIpc) is 2.68. The van der Waals surface area contributed by atoms with Crippen molar-refractivity contribution < 1.29 is 19.1 Å². The van der Waals surface area contributed by atoms with E-state index in [0.717, 1.165) is 0 Å². The molecule has 0 aromatic heterocycles. The fourth-order valence-electron chi connectivity index (χ4n) is 2.37. The molecule has 2 amide bonds. The van der Waals surface area contributed by atoms with E-state index >= 15 is 0 Å². The first-order chi connectivity index (χ1) is 14.2. The van der Waals surface area contributed by atoms with Crippen molar-refractivity contribution in [1.82, 2.24) is 5.32 Å². The first-order valence-electron chi connectivity index (χ1n) is 8.80. The van der Waals surface area contributed by atoms with Crippen molar-refractivity contribution in [2.75, 3.05) is 24.9 Å². The van der Waals surface area contributed by atoms with E-state index in [1.54, 1.807) is 32.0 Å². The van der Waals surface area contributed by atoms with E-state index in [1.807, 2.05) is 0 Å². The van der Waals surface area contributed by atoms with Crippen molar-refractivity contribution in [2.45, 2.75) is 13.8 Å². The second-order valence-corrected chi connectivity index (χ2v) is 7.66. The molecule has 0 saturated carbocycles. The van der Waals surface area contributed by atoms with Crippen molar-refractivity contribution in [3.63, 3.8) is 0 Å². The van der Waals surface area contributed by atoms with Crippen molar-refractivity contribution >= 4 is 63.7 Å². The Balaban J connectivity index is 2.09. The highest BCUT2D eigenvalue weighted by molar-refractivity contribution is 7.80. The molecule has 10 heteroatoms. The minimum absolute atomic E-state index is 0.0593. The second-order valence-electron chi connectivity index (χ2n) is 6.44. The van der Waals surface area contributed by atoms with Gasteiger partial charge in [-0.15, -0.1) is 0 Å². The van der Waals surface area contributed by atoms with Crippen LogP contribution in [0.5, 0.6) is 11.5 Å². The highest BCUT2D eigenvalue weighted by Gasteiger charge is 2.15. The van der Waals surface area contributed by atoms with Crippen molar-refractivity contribution in [2.24, 2.45) is 5.92 Å². The summed E-state index contributed by atoms with van der Waals surface area (Å²) in [5, 5.41) is 8.69. The van der Waals surface area contributed by atoms with Gasteiger partial charge in [0.05, 0.1) is 30.0 Å². The molecule has 0 spiro atoms. The van der Waals surface area contributed by atoms with E-state index in [2.05, 4.69) is 16.0 Å². The summed E-state index contributed by atoms with van der Waals surface area (Å²) in [6.07, 6.45) is 0. The Morgan fingerprint density at radius 3 is 2.17 bits per heavy atom. The van der Waals surface area contributed by atoms with Crippen LogP contribution in [-0.2, 0) is 4.79 Å². The van der Waals surface area contributed by atoms with Crippen LogP contribution in [0.15, 0.2) is 30.3 Å². The summed E-state index contributed by atoms with van der Waals surface area (Å²) in [6, 6.07) is 7.88. The molecular formula is C20H21Cl2N3O4S. The molecule has 3 N–H and O–H groups in total. The predicted molar refractivity (Wildman–Crippen MR) is 123 cm³/mol. The normalized spacial score (nSPS) is 10.4. The molecule has 0 saturated heterocycles. The highest BCUT2D eigenvalue weighted by Crippen LogP contribution is 2.34.